The Morgan fingerprint density at radius 2 is 1.73 bits per heavy atom. The minimum absolute atomic E-state index is 0.00370. The van der Waals surface area contributed by atoms with Gasteiger partial charge < -0.3 is 14.2 Å². The maximum absolute atomic E-state index is 13.5. The smallest absolute Gasteiger partial charge is 0.214 e. The Kier molecular flexibility index (Phi) is 4.54. The molecule has 2 aliphatic rings. The van der Waals surface area contributed by atoms with Crippen molar-refractivity contribution in [2.45, 2.75) is 18.7 Å². The standard InChI is InChI=1S/C24H21FN2O3/c1-28-18-12-8-15(9-13-18)20-14-21-19-4-3-5-22(29-2)23(19)30-24(27(21)26-20)16-6-10-17(25)11-7-16/h3-13,21,24H,14H2,1-2H3/t21-,24-/m0/s1. The van der Waals surface area contributed by atoms with Crippen molar-refractivity contribution in [1.82, 2.24) is 5.01 Å². The maximum atomic E-state index is 13.5. The summed E-state index contributed by atoms with van der Waals surface area (Å²) in [5.41, 5.74) is 3.86. The zero-order valence-corrected chi connectivity index (χ0v) is 16.7. The number of benzene rings is 3. The fourth-order valence-electron chi connectivity index (χ4n) is 4.05. The average molecular weight is 404 g/mol. The van der Waals surface area contributed by atoms with E-state index in [1.54, 1.807) is 26.4 Å². The Bertz CT molecular complexity index is 1100. The zero-order valence-electron chi connectivity index (χ0n) is 16.7. The molecule has 2 heterocycles. The topological polar surface area (TPSA) is 43.3 Å². The lowest BCUT2D eigenvalue weighted by Crippen LogP contribution is -2.33. The van der Waals surface area contributed by atoms with Crippen LogP contribution in [0.1, 0.15) is 35.4 Å². The number of para-hydroxylation sites is 1. The van der Waals surface area contributed by atoms with Crippen molar-refractivity contribution >= 4 is 5.71 Å². The van der Waals surface area contributed by atoms with Crippen LogP contribution in [0.15, 0.2) is 71.8 Å². The van der Waals surface area contributed by atoms with E-state index in [-0.39, 0.29) is 11.9 Å². The van der Waals surface area contributed by atoms with Crippen LogP contribution in [0, 0.1) is 5.82 Å². The molecule has 5 nitrogen and oxygen atoms in total. The molecule has 0 spiro atoms. The van der Waals surface area contributed by atoms with E-state index in [0.717, 1.165) is 34.6 Å². The Labute approximate surface area is 174 Å². The van der Waals surface area contributed by atoms with Crippen LogP contribution in [0.25, 0.3) is 0 Å². The molecule has 0 unspecified atom stereocenters. The Balaban J connectivity index is 1.59. The number of nitrogens with zero attached hydrogens (tertiary/aromatic N) is 2. The van der Waals surface area contributed by atoms with E-state index in [4.69, 9.17) is 19.3 Å². The molecule has 0 amide bonds. The van der Waals surface area contributed by atoms with Crippen molar-refractivity contribution in [2.75, 3.05) is 14.2 Å². The van der Waals surface area contributed by atoms with Gasteiger partial charge in [-0.05, 0) is 48.0 Å². The van der Waals surface area contributed by atoms with Crippen molar-refractivity contribution in [3.63, 3.8) is 0 Å². The van der Waals surface area contributed by atoms with Crippen LogP contribution in [0.5, 0.6) is 17.2 Å². The highest BCUT2D eigenvalue weighted by molar-refractivity contribution is 6.02. The summed E-state index contributed by atoms with van der Waals surface area (Å²) in [7, 11) is 3.28. The maximum Gasteiger partial charge on any atom is 0.214 e. The third-order valence-corrected chi connectivity index (χ3v) is 5.58. The minimum Gasteiger partial charge on any atom is -0.497 e. The van der Waals surface area contributed by atoms with Crippen LogP contribution in [0.3, 0.4) is 0 Å². The lowest BCUT2D eigenvalue weighted by Gasteiger charge is -2.38. The lowest BCUT2D eigenvalue weighted by atomic mass is 9.95. The van der Waals surface area contributed by atoms with Crippen molar-refractivity contribution in [1.29, 1.82) is 0 Å². The molecule has 0 saturated heterocycles. The Hall–Kier alpha value is -3.54. The molecule has 2 atom stereocenters. The van der Waals surface area contributed by atoms with Crippen LogP contribution >= 0.6 is 0 Å². The Morgan fingerprint density at radius 1 is 0.967 bits per heavy atom. The molecule has 5 rings (SSSR count). The van der Waals surface area contributed by atoms with Gasteiger partial charge in [-0.2, -0.15) is 5.10 Å². The highest BCUT2D eigenvalue weighted by Crippen LogP contribution is 2.50. The summed E-state index contributed by atoms with van der Waals surface area (Å²) in [5, 5.41) is 6.89. The normalized spacial score (nSPS) is 19.4. The van der Waals surface area contributed by atoms with Gasteiger partial charge in [-0.25, -0.2) is 9.40 Å². The van der Waals surface area contributed by atoms with Crippen molar-refractivity contribution in [3.8, 4) is 17.2 Å². The van der Waals surface area contributed by atoms with Gasteiger partial charge in [0, 0.05) is 17.5 Å². The Morgan fingerprint density at radius 3 is 2.43 bits per heavy atom. The first-order valence-electron chi connectivity index (χ1n) is 9.77. The third kappa shape index (κ3) is 3.05. The van der Waals surface area contributed by atoms with E-state index >= 15 is 0 Å². The largest absolute Gasteiger partial charge is 0.497 e. The number of hydrogen-bond donors (Lipinski definition) is 0. The SMILES string of the molecule is COc1ccc(C2=NN3[C@@H](C2)c2cccc(OC)c2O[C@H]3c2ccc(F)cc2)cc1. The molecule has 0 aliphatic carbocycles. The summed E-state index contributed by atoms with van der Waals surface area (Å²) in [6.45, 7) is 0. The summed E-state index contributed by atoms with van der Waals surface area (Å²) in [5.74, 6) is 1.91. The molecule has 6 heteroatoms. The van der Waals surface area contributed by atoms with Crippen LogP contribution in [0.2, 0.25) is 0 Å². The molecule has 0 radical (unpaired) electrons. The molecule has 30 heavy (non-hydrogen) atoms. The fraction of sp³-hybridized carbons (Fsp3) is 0.208. The summed E-state index contributed by atoms with van der Waals surface area (Å²) in [6, 6.07) is 20.1. The molecular formula is C24H21FN2O3. The van der Waals surface area contributed by atoms with E-state index in [2.05, 4.69) is 0 Å². The summed E-state index contributed by atoms with van der Waals surface area (Å²) in [4.78, 5) is 0. The van der Waals surface area contributed by atoms with Gasteiger partial charge >= 0.3 is 0 Å². The average Bonchev–Trinajstić information content (AvgIpc) is 3.24. The van der Waals surface area contributed by atoms with Crippen LogP contribution < -0.4 is 14.2 Å². The molecule has 3 aromatic rings. The number of rotatable bonds is 4. The van der Waals surface area contributed by atoms with E-state index in [0.29, 0.717) is 11.5 Å². The quantitative estimate of drug-likeness (QED) is 0.608. The summed E-state index contributed by atoms with van der Waals surface area (Å²) >= 11 is 0. The van der Waals surface area contributed by atoms with Crippen molar-refractivity contribution < 1.29 is 18.6 Å². The van der Waals surface area contributed by atoms with Crippen LogP contribution in [-0.2, 0) is 0 Å². The molecule has 2 aliphatic heterocycles. The predicted octanol–water partition coefficient (Wildman–Crippen LogP) is 5.09. The first kappa shape index (κ1) is 18.5. The molecule has 0 N–H and O–H groups in total. The minimum atomic E-state index is -0.477. The molecule has 0 fully saturated rings. The molecule has 0 saturated carbocycles. The van der Waals surface area contributed by atoms with Crippen LogP contribution in [0.4, 0.5) is 4.39 Å². The van der Waals surface area contributed by atoms with Gasteiger partial charge in [-0.1, -0.05) is 24.3 Å². The second-order valence-electron chi connectivity index (χ2n) is 7.28. The van der Waals surface area contributed by atoms with Gasteiger partial charge in [-0.15, -0.1) is 0 Å². The summed E-state index contributed by atoms with van der Waals surface area (Å²) in [6.07, 6.45) is 0.253. The number of hydrazone groups is 1. The number of hydrogen-bond acceptors (Lipinski definition) is 5. The summed E-state index contributed by atoms with van der Waals surface area (Å²) < 4.78 is 30.7. The molecule has 0 aromatic heterocycles. The van der Waals surface area contributed by atoms with Gasteiger partial charge in [0.25, 0.3) is 0 Å². The van der Waals surface area contributed by atoms with Gasteiger partial charge in [0.2, 0.25) is 6.23 Å². The van der Waals surface area contributed by atoms with Crippen LogP contribution in [-0.4, -0.2) is 24.9 Å². The van der Waals surface area contributed by atoms with E-state index in [1.807, 2.05) is 47.5 Å². The first-order valence-corrected chi connectivity index (χ1v) is 9.77. The molecular weight excluding hydrogens is 383 g/mol. The second-order valence-corrected chi connectivity index (χ2v) is 7.28. The lowest BCUT2D eigenvalue weighted by molar-refractivity contribution is -0.0209. The molecule has 3 aromatic carbocycles. The van der Waals surface area contributed by atoms with Gasteiger partial charge in [-0.3, -0.25) is 0 Å². The first-order chi connectivity index (χ1) is 14.7. The number of fused-ring (bicyclic) bond motifs is 3. The second kappa shape index (κ2) is 7.37. The van der Waals surface area contributed by atoms with Gasteiger partial charge in [0.15, 0.2) is 11.5 Å². The number of methoxy groups -OCH3 is 2. The van der Waals surface area contributed by atoms with Gasteiger partial charge in [0.1, 0.15) is 11.6 Å². The molecule has 152 valence electrons. The number of halogens is 1. The molecule has 0 bridgehead atoms. The van der Waals surface area contributed by atoms with Crippen molar-refractivity contribution in [3.05, 3.63) is 89.2 Å². The van der Waals surface area contributed by atoms with Crippen molar-refractivity contribution in [2.24, 2.45) is 5.10 Å². The highest BCUT2D eigenvalue weighted by atomic mass is 19.1. The predicted molar refractivity (Wildman–Crippen MR) is 111 cm³/mol. The van der Waals surface area contributed by atoms with E-state index < -0.39 is 6.23 Å². The third-order valence-electron chi connectivity index (χ3n) is 5.58. The fourth-order valence-corrected chi connectivity index (χ4v) is 4.05. The monoisotopic (exact) mass is 404 g/mol. The van der Waals surface area contributed by atoms with E-state index in [1.165, 1.54) is 12.1 Å². The van der Waals surface area contributed by atoms with E-state index in [9.17, 15) is 4.39 Å². The number of ether oxygens (including phenoxy) is 3. The zero-order chi connectivity index (χ0) is 20.7. The van der Waals surface area contributed by atoms with Gasteiger partial charge in [0.05, 0.1) is 26.0 Å². The highest BCUT2D eigenvalue weighted by Gasteiger charge is 2.42.